The van der Waals surface area contributed by atoms with Crippen LogP contribution in [-0.2, 0) is 6.54 Å². The summed E-state index contributed by atoms with van der Waals surface area (Å²) >= 11 is 0. The van der Waals surface area contributed by atoms with Gasteiger partial charge in [-0.3, -0.25) is 0 Å². The van der Waals surface area contributed by atoms with Crippen LogP contribution in [0.4, 0.5) is 0 Å². The summed E-state index contributed by atoms with van der Waals surface area (Å²) in [5, 5.41) is 3.68. The van der Waals surface area contributed by atoms with Crippen LogP contribution < -0.4 is 14.8 Å². The normalized spacial score (nSPS) is 15.9. The van der Waals surface area contributed by atoms with Crippen molar-refractivity contribution in [2.24, 2.45) is 0 Å². The molecule has 0 unspecified atom stereocenters. The molecule has 0 aromatic heterocycles. The number of nitrogens with one attached hydrogen (secondary N) is 1. The van der Waals surface area contributed by atoms with Crippen LogP contribution in [-0.4, -0.2) is 19.8 Å². The monoisotopic (exact) mass is 291 g/mol. The summed E-state index contributed by atoms with van der Waals surface area (Å²) in [4.78, 5) is 0. The molecule has 0 heterocycles. The van der Waals surface area contributed by atoms with Crippen LogP contribution in [0.5, 0.6) is 11.5 Å². The Morgan fingerprint density at radius 3 is 2.71 bits per heavy atom. The molecule has 1 aromatic carbocycles. The van der Waals surface area contributed by atoms with E-state index in [9.17, 15) is 0 Å². The van der Waals surface area contributed by atoms with Gasteiger partial charge < -0.3 is 14.8 Å². The van der Waals surface area contributed by atoms with Crippen molar-refractivity contribution >= 4 is 0 Å². The fraction of sp³-hybridized carbons (Fsp3) is 0.667. The summed E-state index contributed by atoms with van der Waals surface area (Å²) in [5.74, 6) is 1.76. The topological polar surface area (TPSA) is 30.5 Å². The molecule has 1 aliphatic carbocycles. The summed E-state index contributed by atoms with van der Waals surface area (Å²) < 4.78 is 11.4. The summed E-state index contributed by atoms with van der Waals surface area (Å²) in [6.45, 7) is 3.80. The second kappa shape index (κ2) is 8.93. The van der Waals surface area contributed by atoms with Crippen LogP contribution in [0.2, 0.25) is 0 Å². The third-order valence-corrected chi connectivity index (χ3v) is 4.21. The highest BCUT2D eigenvalue weighted by atomic mass is 16.5. The number of benzene rings is 1. The lowest BCUT2D eigenvalue weighted by molar-refractivity contribution is 0.283. The van der Waals surface area contributed by atoms with Gasteiger partial charge in [0.2, 0.25) is 0 Å². The molecule has 0 saturated heterocycles. The summed E-state index contributed by atoms with van der Waals surface area (Å²) in [5.41, 5.74) is 1.20. The first kappa shape index (κ1) is 16.2. The first-order chi connectivity index (χ1) is 10.3. The predicted octanol–water partition coefficient (Wildman–Crippen LogP) is 4.30. The van der Waals surface area contributed by atoms with E-state index in [1.165, 1.54) is 37.7 Å². The standard InChI is InChI=1S/C18H29NO2/c1-3-4-13-21-18-15(9-8-12-17(18)20-2)14-19-16-10-6-5-7-11-16/h8-9,12,16,19H,3-7,10-11,13-14H2,1-2H3. The minimum absolute atomic E-state index is 0.661. The smallest absolute Gasteiger partial charge is 0.165 e. The zero-order chi connectivity index (χ0) is 14.9. The Bertz CT molecular complexity index is 414. The van der Waals surface area contributed by atoms with Crippen molar-refractivity contribution in [3.63, 3.8) is 0 Å². The number of hydrogen-bond acceptors (Lipinski definition) is 3. The molecule has 2 rings (SSSR count). The van der Waals surface area contributed by atoms with Gasteiger partial charge >= 0.3 is 0 Å². The van der Waals surface area contributed by atoms with Crippen LogP contribution >= 0.6 is 0 Å². The summed E-state index contributed by atoms with van der Waals surface area (Å²) in [7, 11) is 1.71. The molecular weight excluding hydrogens is 262 g/mol. The third kappa shape index (κ3) is 4.92. The van der Waals surface area contributed by atoms with Gasteiger partial charge in [0.1, 0.15) is 0 Å². The predicted molar refractivity (Wildman–Crippen MR) is 87.1 cm³/mol. The molecule has 1 aliphatic rings. The van der Waals surface area contributed by atoms with Gasteiger partial charge in [-0.1, -0.05) is 44.7 Å². The Kier molecular flexibility index (Phi) is 6.87. The first-order valence-electron chi connectivity index (χ1n) is 8.37. The second-order valence-corrected chi connectivity index (χ2v) is 5.87. The molecular formula is C18H29NO2. The van der Waals surface area contributed by atoms with Crippen molar-refractivity contribution in [2.45, 2.75) is 64.5 Å². The highest BCUT2D eigenvalue weighted by Gasteiger charge is 2.15. The van der Waals surface area contributed by atoms with Crippen molar-refractivity contribution in [2.75, 3.05) is 13.7 Å². The van der Waals surface area contributed by atoms with Crippen molar-refractivity contribution < 1.29 is 9.47 Å². The van der Waals surface area contributed by atoms with Crippen molar-refractivity contribution in [1.29, 1.82) is 0 Å². The Hall–Kier alpha value is -1.22. The number of unbranched alkanes of at least 4 members (excludes halogenated alkanes) is 1. The molecule has 0 radical (unpaired) electrons. The van der Waals surface area contributed by atoms with Crippen molar-refractivity contribution in [1.82, 2.24) is 5.32 Å². The Labute approximate surface area is 129 Å². The number of para-hydroxylation sites is 1. The number of ether oxygens (including phenoxy) is 2. The molecule has 3 nitrogen and oxygen atoms in total. The highest BCUT2D eigenvalue weighted by Crippen LogP contribution is 2.31. The number of hydrogen-bond donors (Lipinski definition) is 1. The molecule has 0 atom stereocenters. The van der Waals surface area contributed by atoms with Gasteiger partial charge in [0, 0.05) is 18.2 Å². The van der Waals surface area contributed by atoms with E-state index in [1.807, 2.05) is 12.1 Å². The molecule has 0 amide bonds. The van der Waals surface area contributed by atoms with Crippen LogP contribution in [0.25, 0.3) is 0 Å². The van der Waals surface area contributed by atoms with Gasteiger partial charge in [-0.15, -0.1) is 0 Å². The number of methoxy groups -OCH3 is 1. The van der Waals surface area contributed by atoms with Gasteiger partial charge in [-0.05, 0) is 25.3 Å². The largest absolute Gasteiger partial charge is 0.493 e. The van der Waals surface area contributed by atoms with Crippen LogP contribution in [0.1, 0.15) is 57.4 Å². The molecule has 0 spiro atoms. The van der Waals surface area contributed by atoms with Crippen LogP contribution in [0, 0.1) is 0 Å². The molecule has 3 heteroatoms. The fourth-order valence-electron chi connectivity index (χ4n) is 2.90. The molecule has 1 fully saturated rings. The molecule has 1 N–H and O–H groups in total. The lowest BCUT2D eigenvalue weighted by Crippen LogP contribution is -2.30. The second-order valence-electron chi connectivity index (χ2n) is 5.87. The summed E-state index contributed by atoms with van der Waals surface area (Å²) in [6.07, 6.45) is 8.93. The minimum atomic E-state index is 0.661. The van der Waals surface area contributed by atoms with Crippen LogP contribution in [0.3, 0.4) is 0 Å². The molecule has 0 bridgehead atoms. The maximum absolute atomic E-state index is 5.97. The van der Waals surface area contributed by atoms with Crippen molar-refractivity contribution in [3.05, 3.63) is 23.8 Å². The quantitative estimate of drug-likeness (QED) is 0.725. The van der Waals surface area contributed by atoms with E-state index in [2.05, 4.69) is 18.3 Å². The van der Waals surface area contributed by atoms with E-state index in [0.717, 1.165) is 37.5 Å². The van der Waals surface area contributed by atoms with E-state index >= 15 is 0 Å². The van der Waals surface area contributed by atoms with E-state index in [4.69, 9.17) is 9.47 Å². The van der Waals surface area contributed by atoms with Gasteiger partial charge in [-0.2, -0.15) is 0 Å². The molecule has 0 aliphatic heterocycles. The van der Waals surface area contributed by atoms with Crippen LogP contribution in [0.15, 0.2) is 18.2 Å². The van der Waals surface area contributed by atoms with E-state index < -0.39 is 0 Å². The van der Waals surface area contributed by atoms with Crippen molar-refractivity contribution in [3.8, 4) is 11.5 Å². The third-order valence-electron chi connectivity index (χ3n) is 4.21. The Balaban J connectivity index is 1.98. The van der Waals surface area contributed by atoms with Gasteiger partial charge in [-0.25, -0.2) is 0 Å². The first-order valence-corrected chi connectivity index (χ1v) is 8.37. The SMILES string of the molecule is CCCCOc1c(CNC2CCCCC2)cccc1OC. The molecule has 1 aromatic rings. The maximum atomic E-state index is 5.97. The van der Waals surface area contributed by atoms with E-state index in [-0.39, 0.29) is 0 Å². The lowest BCUT2D eigenvalue weighted by atomic mass is 9.95. The maximum Gasteiger partial charge on any atom is 0.165 e. The van der Waals surface area contributed by atoms with E-state index in [0.29, 0.717) is 6.04 Å². The molecule has 118 valence electrons. The lowest BCUT2D eigenvalue weighted by Gasteiger charge is -2.23. The average molecular weight is 291 g/mol. The fourth-order valence-corrected chi connectivity index (χ4v) is 2.90. The van der Waals surface area contributed by atoms with Gasteiger partial charge in [0.15, 0.2) is 11.5 Å². The molecule has 1 saturated carbocycles. The minimum Gasteiger partial charge on any atom is -0.493 e. The summed E-state index contributed by atoms with van der Waals surface area (Å²) in [6, 6.07) is 6.82. The zero-order valence-electron chi connectivity index (χ0n) is 13.5. The zero-order valence-corrected chi connectivity index (χ0v) is 13.5. The average Bonchev–Trinajstić information content (AvgIpc) is 2.54. The highest BCUT2D eigenvalue weighted by molar-refractivity contribution is 5.46. The Morgan fingerprint density at radius 2 is 2.00 bits per heavy atom. The number of rotatable bonds is 8. The Morgan fingerprint density at radius 1 is 1.19 bits per heavy atom. The molecule has 21 heavy (non-hydrogen) atoms. The van der Waals surface area contributed by atoms with Gasteiger partial charge in [0.05, 0.1) is 13.7 Å². The van der Waals surface area contributed by atoms with Gasteiger partial charge in [0.25, 0.3) is 0 Å². The van der Waals surface area contributed by atoms with E-state index in [1.54, 1.807) is 7.11 Å².